The molecule has 53 heavy (non-hydrogen) atoms. The molecule has 0 saturated carbocycles. The van der Waals surface area contributed by atoms with Crippen LogP contribution in [0.25, 0.3) is 16.8 Å². The molecule has 2 aliphatic heterocycles. The lowest BCUT2D eigenvalue weighted by atomic mass is 9.82. The Balaban J connectivity index is 1.13. The quantitative estimate of drug-likeness (QED) is 0.159. The van der Waals surface area contributed by atoms with Crippen LogP contribution in [0.1, 0.15) is 37.4 Å². The third-order valence-corrected chi connectivity index (χ3v) is 10.2. The standard InChI is InChI=1S/C45H39N3O5/c1-51-38-20-18-37(19-21-38)48-27-25-47(26-28-48)36-16-14-34(15-17-36)45(33-9-5-3-6-10-33)24-23-40-41(44(50)52-2)30-32-29-31(13-22-39(32)42(40)53-45)43(49)46-35-11-7-4-8-12-35/h3-24,29-30H,25-28H2,1-2H3,(H,46,49). The lowest BCUT2D eigenvalue weighted by Crippen LogP contribution is -2.46. The summed E-state index contributed by atoms with van der Waals surface area (Å²) in [7, 11) is 3.05. The Bertz CT molecular complexity index is 2300. The third kappa shape index (κ3) is 6.44. The zero-order chi connectivity index (χ0) is 36.4. The minimum Gasteiger partial charge on any atom is -0.497 e. The molecule has 264 valence electrons. The van der Waals surface area contributed by atoms with Crippen LogP contribution < -0.4 is 24.6 Å². The Hall–Kier alpha value is -6.54. The van der Waals surface area contributed by atoms with Gasteiger partial charge in [-0.25, -0.2) is 4.79 Å². The Morgan fingerprint density at radius 3 is 1.92 bits per heavy atom. The number of methoxy groups -OCH3 is 2. The van der Waals surface area contributed by atoms with Crippen molar-refractivity contribution in [3.8, 4) is 11.5 Å². The van der Waals surface area contributed by atoms with Gasteiger partial charge in [-0.05, 0) is 90.3 Å². The number of nitrogens with one attached hydrogen (secondary N) is 1. The summed E-state index contributed by atoms with van der Waals surface area (Å²) in [5.41, 5.74) is 5.37. The van der Waals surface area contributed by atoms with Crippen molar-refractivity contribution in [1.82, 2.24) is 0 Å². The van der Waals surface area contributed by atoms with Crippen molar-refractivity contribution in [1.29, 1.82) is 0 Å². The fourth-order valence-corrected chi connectivity index (χ4v) is 7.30. The monoisotopic (exact) mass is 701 g/mol. The van der Waals surface area contributed by atoms with E-state index in [2.05, 4.69) is 63.6 Å². The van der Waals surface area contributed by atoms with Gasteiger partial charge < -0.3 is 29.3 Å². The number of hydrogen-bond acceptors (Lipinski definition) is 7. The molecule has 0 aromatic heterocycles. The Morgan fingerprint density at radius 2 is 1.30 bits per heavy atom. The summed E-state index contributed by atoms with van der Waals surface area (Å²) in [5.74, 6) is 0.662. The number of rotatable bonds is 8. The van der Waals surface area contributed by atoms with E-state index in [4.69, 9.17) is 14.2 Å². The zero-order valence-corrected chi connectivity index (χ0v) is 29.6. The van der Waals surface area contributed by atoms with Crippen LogP contribution in [-0.4, -0.2) is 52.3 Å². The second-order valence-electron chi connectivity index (χ2n) is 13.2. The number of carbonyl (C=O) groups is 2. The maximum Gasteiger partial charge on any atom is 0.338 e. The molecule has 8 heteroatoms. The van der Waals surface area contributed by atoms with Gasteiger partial charge in [0.2, 0.25) is 0 Å². The SMILES string of the molecule is COC(=O)c1cc2cc(C(=O)Nc3ccccc3)ccc2c2c1C=CC(c1ccccc1)(c1ccc(N3CCN(c4ccc(OC)cc4)CC3)cc1)O2. The Kier molecular flexibility index (Phi) is 9.02. The number of benzene rings is 6. The van der Waals surface area contributed by atoms with Crippen molar-refractivity contribution in [3.63, 3.8) is 0 Å². The first-order valence-electron chi connectivity index (χ1n) is 17.7. The number of hydrogen-bond donors (Lipinski definition) is 1. The largest absolute Gasteiger partial charge is 0.497 e. The lowest BCUT2D eigenvalue weighted by Gasteiger charge is -2.39. The number of piperazine rings is 1. The maximum atomic E-state index is 13.3. The fraction of sp³-hybridized carbons (Fsp3) is 0.156. The molecule has 8 rings (SSSR count). The van der Waals surface area contributed by atoms with Crippen molar-refractivity contribution < 1.29 is 23.8 Å². The highest BCUT2D eigenvalue weighted by molar-refractivity contribution is 6.09. The first-order chi connectivity index (χ1) is 26.0. The summed E-state index contributed by atoms with van der Waals surface area (Å²) in [5, 5.41) is 4.41. The number of fused-ring (bicyclic) bond motifs is 3. The molecule has 8 nitrogen and oxygen atoms in total. The summed E-state index contributed by atoms with van der Waals surface area (Å²) in [6, 6.07) is 43.5. The van der Waals surface area contributed by atoms with Gasteiger partial charge in [-0.3, -0.25) is 4.79 Å². The van der Waals surface area contributed by atoms with Crippen LogP contribution in [0.15, 0.2) is 140 Å². The number of esters is 1. The van der Waals surface area contributed by atoms with Crippen LogP contribution in [-0.2, 0) is 10.3 Å². The first-order valence-corrected chi connectivity index (χ1v) is 17.7. The van der Waals surface area contributed by atoms with Gasteiger partial charge >= 0.3 is 5.97 Å². The van der Waals surface area contributed by atoms with Gasteiger partial charge in [0.25, 0.3) is 5.91 Å². The van der Waals surface area contributed by atoms with E-state index >= 15 is 0 Å². The van der Waals surface area contributed by atoms with E-state index in [1.165, 1.54) is 12.8 Å². The van der Waals surface area contributed by atoms with E-state index in [-0.39, 0.29) is 5.91 Å². The number of anilines is 3. The normalized spacial score (nSPS) is 16.4. The van der Waals surface area contributed by atoms with E-state index < -0.39 is 11.6 Å². The van der Waals surface area contributed by atoms with Crippen LogP contribution in [0, 0.1) is 0 Å². The molecule has 1 saturated heterocycles. The van der Waals surface area contributed by atoms with Gasteiger partial charge in [0.05, 0.1) is 19.8 Å². The van der Waals surface area contributed by atoms with E-state index in [0.29, 0.717) is 33.5 Å². The van der Waals surface area contributed by atoms with Crippen molar-refractivity contribution in [2.24, 2.45) is 0 Å². The average molecular weight is 702 g/mol. The summed E-state index contributed by atoms with van der Waals surface area (Å²) in [6.07, 6.45) is 3.98. The summed E-state index contributed by atoms with van der Waals surface area (Å²) < 4.78 is 17.7. The van der Waals surface area contributed by atoms with Gasteiger partial charge in [0.1, 0.15) is 11.5 Å². The van der Waals surface area contributed by atoms with Gasteiger partial charge in [0, 0.05) is 70.9 Å². The minimum atomic E-state index is -0.995. The molecule has 2 aliphatic rings. The summed E-state index contributed by atoms with van der Waals surface area (Å²) >= 11 is 0. The van der Waals surface area contributed by atoms with Crippen LogP contribution in [0.2, 0.25) is 0 Å². The average Bonchev–Trinajstić information content (AvgIpc) is 3.23. The molecule has 2 heterocycles. The predicted octanol–water partition coefficient (Wildman–Crippen LogP) is 8.56. The third-order valence-electron chi connectivity index (χ3n) is 10.2. The van der Waals surface area contributed by atoms with Crippen LogP contribution in [0.4, 0.5) is 17.1 Å². The minimum absolute atomic E-state index is 0.253. The molecule has 0 spiro atoms. The molecule has 0 radical (unpaired) electrons. The fourth-order valence-electron chi connectivity index (χ4n) is 7.30. The van der Waals surface area contributed by atoms with Gasteiger partial charge in [0.15, 0.2) is 5.60 Å². The van der Waals surface area contributed by atoms with E-state index in [0.717, 1.165) is 54.1 Å². The molecule has 6 aromatic carbocycles. The highest BCUT2D eigenvalue weighted by Gasteiger charge is 2.39. The van der Waals surface area contributed by atoms with Crippen molar-refractivity contribution in [3.05, 3.63) is 167 Å². The van der Waals surface area contributed by atoms with E-state index in [1.54, 1.807) is 25.3 Å². The summed E-state index contributed by atoms with van der Waals surface area (Å²) in [4.78, 5) is 31.3. The molecule has 1 N–H and O–H groups in total. The molecule has 1 unspecified atom stereocenters. The van der Waals surface area contributed by atoms with Crippen LogP contribution in [0.3, 0.4) is 0 Å². The molecule has 6 aromatic rings. The predicted molar refractivity (Wildman–Crippen MR) is 210 cm³/mol. The van der Waals surface area contributed by atoms with Gasteiger partial charge in [-0.15, -0.1) is 0 Å². The second-order valence-corrected chi connectivity index (χ2v) is 13.2. The van der Waals surface area contributed by atoms with Gasteiger partial charge in [-0.2, -0.15) is 0 Å². The molecule has 1 fully saturated rings. The topological polar surface area (TPSA) is 80.3 Å². The van der Waals surface area contributed by atoms with Gasteiger partial charge in [-0.1, -0.05) is 60.7 Å². The number of nitrogens with zero attached hydrogens (tertiary/aromatic N) is 2. The number of carbonyl (C=O) groups excluding carboxylic acids is 2. The number of para-hydroxylation sites is 1. The number of amides is 1. The van der Waals surface area contributed by atoms with E-state index in [1.807, 2.05) is 78.9 Å². The van der Waals surface area contributed by atoms with Crippen molar-refractivity contribution in [2.75, 3.05) is 55.5 Å². The summed E-state index contributed by atoms with van der Waals surface area (Å²) in [6.45, 7) is 3.62. The Morgan fingerprint density at radius 1 is 0.698 bits per heavy atom. The maximum absolute atomic E-state index is 13.3. The molecular weight excluding hydrogens is 663 g/mol. The lowest BCUT2D eigenvalue weighted by molar-refractivity contribution is 0.0599. The molecule has 0 aliphatic carbocycles. The van der Waals surface area contributed by atoms with Crippen molar-refractivity contribution >= 4 is 45.8 Å². The molecule has 1 atom stereocenters. The zero-order valence-electron chi connectivity index (χ0n) is 29.6. The van der Waals surface area contributed by atoms with Crippen molar-refractivity contribution in [2.45, 2.75) is 5.60 Å². The highest BCUT2D eigenvalue weighted by atomic mass is 16.5. The highest BCUT2D eigenvalue weighted by Crippen LogP contribution is 2.47. The molecule has 0 bridgehead atoms. The van der Waals surface area contributed by atoms with E-state index in [9.17, 15) is 9.59 Å². The Labute approximate surface area is 308 Å². The smallest absolute Gasteiger partial charge is 0.338 e. The molecular formula is C45H39N3O5. The van der Waals surface area contributed by atoms with Crippen LogP contribution >= 0.6 is 0 Å². The molecule has 1 amide bonds. The second kappa shape index (κ2) is 14.2. The van der Waals surface area contributed by atoms with Crippen LogP contribution in [0.5, 0.6) is 11.5 Å². The first kappa shape index (κ1) is 33.6. The number of ether oxygens (including phenoxy) is 3.